The summed E-state index contributed by atoms with van der Waals surface area (Å²) in [5, 5.41) is 3.10. The molecular weight excluding hydrogens is 341 g/mol. The van der Waals surface area contributed by atoms with E-state index in [-0.39, 0.29) is 23.8 Å². The Morgan fingerprint density at radius 3 is 2.32 bits per heavy atom. The minimum Gasteiger partial charge on any atom is -0.313 e. The lowest BCUT2D eigenvalue weighted by Crippen LogP contribution is -2.29. The highest BCUT2D eigenvalue weighted by Gasteiger charge is 2.30. The zero-order valence-corrected chi connectivity index (χ0v) is 13.1. The second kappa shape index (κ2) is 7.45. The SMILES string of the molecule is Cl.O=S(=O)(NCC1=CCNCC1)c1ccc(C(F)(F)F)cc1. The van der Waals surface area contributed by atoms with Gasteiger partial charge in [-0.15, -0.1) is 12.4 Å². The van der Waals surface area contributed by atoms with Gasteiger partial charge >= 0.3 is 6.18 Å². The van der Waals surface area contributed by atoms with Crippen LogP contribution in [0, 0.1) is 0 Å². The molecule has 0 spiro atoms. The normalized spacial score (nSPS) is 15.9. The molecule has 0 saturated carbocycles. The third-order valence-electron chi connectivity index (χ3n) is 3.14. The maximum absolute atomic E-state index is 12.4. The largest absolute Gasteiger partial charge is 0.416 e. The minimum absolute atomic E-state index is 0. The highest BCUT2D eigenvalue weighted by atomic mass is 35.5. The zero-order chi connectivity index (χ0) is 15.5. The molecule has 0 radical (unpaired) electrons. The second-order valence-electron chi connectivity index (χ2n) is 4.66. The first-order valence-corrected chi connectivity index (χ1v) is 7.83. The molecule has 1 aromatic rings. The van der Waals surface area contributed by atoms with Gasteiger partial charge < -0.3 is 5.32 Å². The van der Waals surface area contributed by atoms with Crippen LogP contribution < -0.4 is 10.0 Å². The van der Waals surface area contributed by atoms with E-state index in [9.17, 15) is 21.6 Å². The molecule has 0 aliphatic carbocycles. The average molecular weight is 357 g/mol. The smallest absolute Gasteiger partial charge is 0.313 e. The number of hydrogen-bond donors (Lipinski definition) is 2. The van der Waals surface area contributed by atoms with Gasteiger partial charge in [0, 0.05) is 13.1 Å². The van der Waals surface area contributed by atoms with Crippen molar-refractivity contribution in [2.24, 2.45) is 0 Å². The van der Waals surface area contributed by atoms with E-state index < -0.39 is 21.8 Å². The van der Waals surface area contributed by atoms with Crippen LogP contribution in [0.5, 0.6) is 0 Å². The fourth-order valence-electron chi connectivity index (χ4n) is 1.92. The predicted molar refractivity (Wildman–Crippen MR) is 79.5 cm³/mol. The molecule has 0 bridgehead atoms. The molecule has 1 aliphatic rings. The molecule has 0 fully saturated rings. The summed E-state index contributed by atoms with van der Waals surface area (Å²) in [4.78, 5) is -0.176. The van der Waals surface area contributed by atoms with E-state index in [2.05, 4.69) is 10.0 Å². The van der Waals surface area contributed by atoms with Crippen molar-refractivity contribution in [3.05, 3.63) is 41.5 Å². The standard InChI is InChI=1S/C13H15F3N2O2S.ClH/c14-13(15,16)11-1-3-12(4-2-11)21(19,20)18-9-10-5-7-17-8-6-10;/h1-5,17-18H,6-9H2;1H. The number of halogens is 4. The molecule has 2 rings (SSSR count). The van der Waals surface area contributed by atoms with Gasteiger partial charge in [0.25, 0.3) is 0 Å². The molecule has 9 heteroatoms. The Kier molecular flexibility index (Phi) is 6.42. The van der Waals surface area contributed by atoms with Crippen molar-refractivity contribution in [1.82, 2.24) is 10.0 Å². The number of rotatable bonds is 4. The Hall–Kier alpha value is -1.09. The first-order valence-electron chi connectivity index (χ1n) is 6.34. The average Bonchev–Trinajstić information content (AvgIpc) is 2.46. The van der Waals surface area contributed by atoms with Crippen LogP contribution in [-0.2, 0) is 16.2 Å². The summed E-state index contributed by atoms with van der Waals surface area (Å²) in [5.74, 6) is 0. The van der Waals surface area contributed by atoms with Gasteiger partial charge in [-0.25, -0.2) is 13.1 Å². The van der Waals surface area contributed by atoms with Crippen molar-refractivity contribution < 1.29 is 21.6 Å². The van der Waals surface area contributed by atoms with Gasteiger partial charge in [-0.3, -0.25) is 0 Å². The zero-order valence-electron chi connectivity index (χ0n) is 11.5. The van der Waals surface area contributed by atoms with E-state index in [1.54, 1.807) is 0 Å². The molecule has 1 heterocycles. The molecule has 1 aromatic carbocycles. The van der Waals surface area contributed by atoms with E-state index in [0.29, 0.717) is 6.54 Å². The Morgan fingerprint density at radius 1 is 1.18 bits per heavy atom. The van der Waals surface area contributed by atoms with Crippen LogP contribution in [0.3, 0.4) is 0 Å². The fourth-order valence-corrected chi connectivity index (χ4v) is 2.96. The minimum atomic E-state index is -4.48. The Morgan fingerprint density at radius 2 is 1.82 bits per heavy atom. The highest BCUT2D eigenvalue weighted by Crippen LogP contribution is 2.29. The Bertz CT molecular complexity index is 628. The third-order valence-corrected chi connectivity index (χ3v) is 4.56. The number of hydrogen-bond acceptors (Lipinski definition) is 3. The van der Waals surface area contributed by atoms with Crippen molar-refractivity contribution >= 4 is 22.4 Å². The summed E-state index contributed by atoms with van der Waals surface area (Å²) in [7, 11) is -3.80. The van der Waals surface area contributed by atoms with Crippen LogP contribution in [0.4, 0.5) is 13.2 Å². The Balaban J connectivity index is 0.00000242. The van der Waals surface area contributed by atoms with Crippen LogP contribution >= 0.6 is 12.4 Å². The molecule has 4 nitrogen and oxygen atoms in total. The first kappa shape index (κ1) is 19.0. The van der Waals surface area contributed by atoms with Gasteiger partial charge in [-0.05, 0) is 37.2 Å². The van der Waals surface area contributed by atoms with Crippen LogP contribution in [0.25, 0.3) is 0 Å². The van der Waals surface area contributed by atoms with Crippen LogP contribution in [0.15, 0.2) is 40.8 Å². The number of nitrogens with one attached hydrogen (secondary N) is 2. The van der Waals surface area contributed by atoms with Gasteiger partial charge in [0.1, 0.15) is 0 Å². The molecule has 0 amide bonds. The van der Waals surface area contributed by atoms with Crippen molar-refractivity contribution in [3.63, 3.8) is 0 Å². The fraction of sp³-hybridized carbons (Fsp3) is 0.385. The number of alkyl halides is 3. The van der Waals surface area contributed by atoms with Gasteiger partial charge in [0.2, 0.25) is 10.0 Å². The molecule has 1 aliphatic heterocycles. The summed E-state index contributed by atoms with van der Waals surface area (Å²) in [5.41, 5.74) is 0.0896. The van der Waals surface area contributed by atoms with E-state index in [0.717, 1.165) is 42.8 Å². The summed E-state index contributed by atoms with van der Waals surface area (Å²) >= 11 is 0. The van der Waals surface area contributed by atoms with Crippen LogP contribution in [0.2, 0.25) is 0 Å². The quantitative estimate of drug-likeness (QED) is 0.814. The second-order valence-corrected chi connectivity index (χ2v) is 6.43. The van der Waals surface area contributed by atoms with Crippen molar-refractivity contribution in [2.75, 3.05) is 19.6 Å². The molecule has 22 heavy (non-hydrogen) atoms. The molecule has 0 aromatic heterocycles. The van der Waals surface area contributed by atoms with Crippen LogP contribution in [-0.4, -0.2) is 28.1 Å². The summed E-state index contributed by atoms with van der Waals surface area (Å²) in [6, 6.07) is 3.45. The molecule has 0 atom stereocenters. The lowest BCUT2D eigenvalue weighted by atomic mass is 10.1. The van der Waals surface area contributed by atoms with E-state index in [1.807, 2.05) is 6.08 Å². The maximum Gasteiger partial charge on any atom is 0.416 e. The van der Waals surface area contributed by atoms with Crippen LogP contribution in [0.1, 0.15) is 12.0 Å². The Labute approximate surface area is 133 Å². The number of benzene rings is 1. The monoisotopic (exact) mass is 356 g/mol. The summed E-state index contributed by atoms with van der Waals surface area (Å²) < 4.78 is 63.7. The lowest BCUT2D eigenvalue weighted by Gasteiger charge is -2.15. The van der Waals surface area contributed by atoms with Crippen molar-refractivity contribution in [3.8, 4) is 0 Å². The highest BCUT2D eigenvalue weighted by molar-refractivity contribution is 7.89. The van der Waals surface area contributed by atoms with Crippen molar-refractivity contribution in [1.29, 1.82) is 0 Å². The first-order chi connectivity index (χ1) is 9.79. The van der Waals surface area contributed by atoms with E-state index in [4.69, 9.17) is 0 Å². The molecular formula is C13H16ClF3N2O2S. The lowest BCUT2D eigenvalue weighted by molar-refractivity contribution is -0.137. The molecule has 0 unspecified atom stereocenters. The number of sulfonamides is 1. The van der Waals surface area contributed by atoms with Gasteiger partial charge in [-0.1, -0.05) is 11.6 Å². The predicted octanol–water partition coefficient (Wildman–Crippen LogP) is 2.33. The maximum atomic E-state index is 12.4. The molecule has 124 valence electrons. The topological polar surface area (TPSA) is 58.2 Å². The summed E-state index contributed by atoms with van der Waals surface area (Å²) in [6.45, 7) is 1.65. The summed E-state index contributed by atoms with van der Waals surface area (Å²) in [6.07, 6.45) is -1.83. The third kappa shape index (κ3) is 4.98. The van der Waals surface area contributed by atoms with E-state index >= 15 is 0 Å². The van der Waals surface area contributed by atoms with Gasteiger partial charge in [0.15, 0.2) is 0 Å². The van der Waals surface area contributed by atoms with Gasteiger partial charge in [-0.2, -0.15) is 13.2 Å². The molecule has 2 N–H and O–H groups in total. The van der Waals surface area contributed by atoms with Crippen molar-refractivity contribution in [2.45, 2.75) is 17.5 Å². The molecule has 0 saturated heterocycles. The van der Waals surface area contributed by atoms with E-state index in [1.165, 1.54) is 0 Å². The van der Waals surface area contributed by atoms with Gasteiger partial charge in [0.05, 0.1) is 10.5 Å².